The Bertz CT molecular complexity index is 571. The van der Waals surface area contributed by atoms with Gasteiger partial charge in [-0.3, -0.25) is 0 Å². The second-order valence-corrected chi connectivity index (χ2v) is 5.06. The molecule has 19 heavy (non-hydrogen) atoms. The van der Waals surface area contributed by atoms with Crippen molar-refractivity contribution >= 4 is 0 Å². The average Bonchev–Trinajstić information content (AvgIpc) is 2.39. The topological polar surface area (TPSA) is 55.2 Å². The molecule has 1 aromatic carbocycles. The molecular formula is C15H16N2O2. The van der Waals surface area contributed by atoms with Crippen molar-refractivity contribution in [1.29, 1.82) is 0 Å². The van der Waals surface area contributed by atoms with E-state index in [2.05, 4.69) is 29.0 Å². The highest BCUT2D eigenvalue weighted by molar-refractivity contribution is 5.59. The lowest BCUT2D eigenvalue weighted by molar-refractivity contribution is -0.0883. The molecule has 4 nitrogen and oxygen atoms in total. The maximum atomic E-state index is 9.53. The van der Waals surface area contributed by atoms with Crippen LogP contribution in [0.2, 0.25) is 0 Å². The minimum atomic E-state index is -0.416. The number of hydrogen-bond acceptors (Lipinski definition) is 4. The van der Waals surface area contributed by atoms with Crippen molar-refractivity contribution in [2.24, 2.45) is 0 Å². The number of nitrogens with zero attached hydrogens (tertiary/aromatic N) is 2. The lowest BCUT2D eigenvalue weighted by atomic mass is 9.86. The predicted octanol–water partition coefficient (Wildman–Crippen LogP) is 1.71. The summed E-state index contributed by atoms with van der Waals surface area (Å²) in [7, 11) is 0. The Hall–Kier alpha value is -1.78. The van der Waals surface area contributed by atoms with Crippen LogP contribution in [-0.2, 0) is 10.2 Å². The van der Waals surface area contributed by atoms with E-state index in [4.69, 9.17) is 4.74 Å². The van der Waals surface area contributed by atoms with Crippen LogP contribution in [0.4, 0.5) is 0 Å². The maximum Gasteiger partial charge on any atom is 0.142 e. The van der Waals surface area contributed by atoms with Crippen LogP contribution >= 0.6 is 0 Å². The van der Waals surface area contributed by atoms with E-state index in [-0.39, 0.29) is 6.61 Å². The van der Waals surface area contributed by atoms with Gasteiger partial charge in [-0.1, -0.05) is 29.8 Å². The maximum absolute atomic E-state index is 9.53. The fourth-order valence-electron chi connectivity index (χ4n) is 2.14. The van der Waals surface area contributed by atoms with E-state index >= 15 is 0 Å². The molecular weight excluding hydrogens is 240 g/mol. The van der Waals surface area contributed by atoms with Crippen LogP contribution in [0, 0.1) is 6.92 Å². The fraction of sp³-hybridized carbons (Fsp3) is 0.333. The summed E-state index contributed by atoms with van der Waals surface area (Å²) in [5, 5.41) is 9.53. The van der Waals surface area contributed by atoms with Gasteiger partial charge in [0, 0.05) is 11.8 Å². The van der Waals surface area contributed by atoms with E-state index in [1.807, 2.05) is 18.2 Å². The molecule has 0 bridgehead atoms. The van der Waals surface area contributed by atoms with Crippen LogP contribution < -0.4 is 0 Å². The first-order chi connectivity index (χ1) is 9.23. The van der Waals surface area contributed by atoms with Gasteiger partial charge < -0.3 is 9.84 Å². The molecule has 0 saturated carbocycles. The molecule has 0 radical (unpaired) electrons. The second-order valence-electron chi connectivity index (χ2n) is 5.06. The van der Waals surface area contributed by atoms with Gasteiger partial charge in [0.05, 0.1) is 30.9 Å². The van der Waals surface area contributed by atoms with Crippen LogP contribution in [0.3, 0.4) is 0 Å². The summed E-state index contributed by atoms with van der Waals surface area (Å²) in [6.45, 7) is 3.05. The van der Waals surface area contributed by atoms with Gasteiger partial charge in [-0.25, -0.2) is 9.97 Å². The molecule has 2 aromatic rings. The molecule has 1 saturated heterocycles. The molecule has 1 aliphatic rings. The monoisotopic (exact) mass is 256 g/mol. The van der Waals surface area contributed by atoms with E-state index in [9.17, 15) is 5.11 Å². The number of aliphatic hydroxyl groups excluding tert-OH is 1. The van der Waals surface area contributed by atoms with Gasteiger partial charge in [-0.05, 0) is 13.0 Å². The highest BCUT2D eigenvalue weighted by Gasteiger charge is 2.42. The summed E-state index contributed by atoms with van der Waals surface area (Å²) >= 11 is 0. The Labute approximate surface area is 112 Å². The van der Waals surface area contributed by atoms with Crippen LogP contribution in [-0.4, -0.2) is 34.9 Å². The molecule has 0 unspecified atom stereocenters. The normalized spacial score (nSPS) is 16.9. The third kappa shape index (κ3) is 2.13. The van der Waals surface area contributed by atoms with Crippen LogP contribution in [0.25, 0.3) is 11.3 Å². The van der Waals surface area contributed by atoms with Crippen molar-refractivity contribution in [3.8, 4) is 11.3 Å². The number of aliphatic hydroxyl groups is 1. The Morgan fingerprint density at radius 3 is 2.53 bits per heavy atom. The van der Waals surface area contributed by atoms with E-state index < -0.39 is 5.41 Å². The van der Waals surface area contributed by atoms with E-state index in [0.29, 0.717) is 19.0 Å². The number of ether oxygens (including phenoxy) is 1. The largest absolute Gasteiger partial charge is 0.395 e. The van der Waals surface area contributed by atoms with E-state index in [1.54, 1.807) is 6.20 Å². The minimum absolute atomic E-state index is 0.0182. The quantitative estimate of drug-likeness (QED) is 0.908. The molecule has 0 atom stereocenters. The van der Waals surface area contributed by atoms with Crippen molar-refractivity contribution in [2.75, 3.05) is 19.8 Å². The Balaban J connectivity index is 1.98. The van der Waals surface area contributed by atoms with Crippen molar-refractivity contribution in [2.45, 2.75) is 12.3 Å². The average molecular weight is 256 g/mol. The van der Waals surface area contributed by atoms with Crippen molar-refractivity contribution in [1.82, 2.24) is 9.97 Å². The Morgan fingerprint density at radius 1 is 1.21 bits per heavy atom. The molecule has 4 heteroatoms. The molecule has 3 rings (SSSR count). The molecule has 0 spiro atoms. The molecule has 1 N–H and O–H groups in total. The Morgan fingerprint density at radius 2 is 1.95 bits per heavy atom. The third-order valence-electron chi connectivity index (χ3n) is 3.54. The standard InChI is InChI=1S/C15H16N2O2/c1-11-2-4-12(5-3-11)13-6-7-16-14(17-13)15(8-18)9-19-10-15/h2-7,18H,8-10H2,1H3. The highest BCUT2D eigenvalue weighted by Crippen LogP contribution is 2.30. The zero-order valence-corrected chi connectivity index (χ0v) is 10.8. The van der Waals surface area contributed by atoms with Crippen molar-refractivity contribution in [3.63, 3.8) is 0 Å². The molecule has 2 heterocycles. The first kappa shape index (κ1) is 12.3. The zero-order chi connectivity index (χ0) is 13.3. The number of rotatable bonds is 3. The van der Waals surface area contributed by atoms with Gasteiger partial charge >= 0.3 is 0 Å². The highest BCUT2D eigenvalue weighted by atomic mass is 16.5. The van der Waals surface area contributed by atoms with Crippen LogP contribution in [0.5, 0.6) is 0 Å². The predicted molar refractivity (Wildman–Crippen MR) is 71.8 cm³/mol. The smallest absolute Gasteiger partial charge is 0.142 e. The van der Waals surface area contributed by atoms with E-state index in [1.165, 1.54) is 5.56 Å². The van der Waals surface area contributed by atoms with Gasteiger partial charge in [0.15, 0.2) is 0 Å². The summed E-state index contributed by atoms with van der Waals surface area (Å²) in [5.74, 6) is 0.666. The lowest BCUT2D eigenvalue weighted by Gasteiger charge is -2.38. The summed E-state index contributed by atoms with van der Waals surface area (Å²) in [6.07, 6.45) is 1.74. The molecule has 0 amide bonds. The minimum Gasteiger partial charge on any atom is -0.395 e. The molecule has 1 aromatic heterocycles. The van der Waals surface area contributed by atoms with Crippen molar-refractivity contribution < 1.29 is 9.84 Å². The van der Waals surface area contributed by atoms with Gasteiger partial charge in [-0.2, -0.15) is 0 Å². The van der Waals surface area contributed by atoms with Gasteiger partial charge in [0.25, 0.3) is 0 Å². The molecule has 1 fully saturated rings. The number of aromatic nitrogens is 2. The molecule has 0 aliphatic carbocycles. The summed E-state index contributed by atoms with van der Waals surface area (Å²) in [5.41, 5.74) is 2.74. The summed E-state index contributed by atoms with van der Waals surface area (Å²) in [6, 6.07) is 10.1. The zero-order valence-electron chi connectivity index (χ0n) is 10.8. The second kappa shape index (κ2) is 4.72. The Kier molecular flexibility index (Phi) is 3.05. The van der Waals surface area contributed by atoms with Crippen molar-refractivity contribution in [3.05, 3.63) is 47.9 Å². The first-order valence-electron chi connectivity index (χ1n) is 6.33. The van der Waals surface area contributed by atoms with Gasteiger partial charge in [-0.15, -0.1) is 0 Å². The number of aryl methyl sites for hydroxylation is 1. The summed E-state index contributed by atoms with van der Waals surface area (Å²) < 4.78 is 5.20. The molecule has 98 valence electrons. The number of benzene rings is 1. The van der Waals surface area contributed by atoms with Gasteiger partial charge in [0.1, 0.15) is 5.82 Å². The summed E-state index contributed by atoms with van der Waals surface area (Å²) in [4.78, 5) is 8.88. The van der Waals surface area contributed by atoms with Crippen LogP contribution in [0.1, 0.15) is 11.4 Å². The van der Waals surface area contributed by atoms with Crippen LogP contribution in [0.15, 0.2) is 36.5 Å². The lowest BCUT2D eigenvalue weighted by Crippen LogP contribution is -2.51. The van der Waals surface area contributed by atoms with Gasteiger partial charge in [0.2, 0.25) is 0 Å². The fourth-order valence-corrected chi connectivity index (χ4v) is 2.14. The number of hydrogen-bond donors (Lipinski definition) is 1. The van der Waals surface area contributed by atoms with E-state index in [0.717, 1.165) is 11.3 Å². The SMILES string of the molecule is Cc1ccc(-c2ccnc(C3(CO)COC3)n2)cc1. The molecule has 1 aliphatic heterocycles. The first-order valence-corrected chi connectivity index (χ1v) is 6.33. The third-order valence-corrected chi connectivity index (χ3v) is 3.54.